The van der Waals surface area contributed by atoms with Gasteiger partial charge in [0.25, 0.3) is 0 Å². The van der Waals surface area contributed by atoms with Gasteiger partial charge < -0.3 is 14.3 Å². The van der Waals surface area contributed by atoms with E-state index in [1.165, 1.54) is 24.8 Å². The molecule has 0 amide bonds. The van der Waals surface area contributed by atoms with E-state index in [-0.39, 0.29) is 12.0 Å². The minimum Gasteiger partial charge on any atom is -0.486 e. The summed E-state index contributed by atoms with van der Waals surface area (Å²) >= 11 is 0. The molecule has 1 aromatic rings. The molecule has 3 aliphatic carbocycles. The van der Waals surface area contributed by atoms with Crippen molar-refractivity contribution >= 4 is 12.6 Å². The lowest BCUT2D eigenvalue weighted by molar-refractivity contribution is -0.245. The molecule has 1 spiro atoms. The maximum Gasteiger partial charge on any atom is 0.157 e. The van der Waals surface area contributed by atoms with Crippen LogP contribution in [-0.2, 0) is 19.7 Å². The lowest BCUT2D eigenvalue weighted by Crippen LogP contribution is -2.73. The summed E-state index contributed by atoms with van der Waals surface area (Å²) < 4.78 is 9.76. The summed E-state index contributed by atoms with van der Waals surface area (Å²) in [6, 6.07) is 8.13. The third-order valence-corrected chi connectivity index (χ3v) is 7.50. The van der Waals surface area contributed by atoms with Gasteiger partial charge in [0.1, 0.15) is 18.6 Å². The second-order valence-corrected chi connectivity index (χ2v) is 8.72. The summed E-state index contributed by atoms with van der Waals surface area (Å²) in [5.74, 6) is 3.51. The zero-order valence-electron chi connectivity index (χ0n) is 16.9. The van der Waals surface area contributed by atoms with Crippen molar-refractivity contribution < 1.29 is 19.1 Å². The third-order valence-electron chi connectivity index (χ3n) is 7.50. The Hall–Kier alpha value is -1.68. The van der Waals surface area contributed by atoms with Gasteiger partial charge in [-0.15, -0.1) is 0 Å². The van der Waals surface area contributed by atoms with Crippen LogP contribution in [0.2, 0.25) is 0 Å². The van der Waals surface area contributed by atoms with Crippen LogP contribution in [0.25, 0.3) is 0 Å². The average molecular weight is 373 g/mol. The molecule has 0 aromatic heterocycles. The first kappa shape index (κ1) is 20.1. The van der Waals surface area contributed by atoms with Gasteiger partial charge in [0.15, 0.2) is 6.29 Å². The number of carbonyl (C=O) groups is 2. The second-order valence-electron chi connectivity index (χ2n) is 8.72. The van der Waals surface area contributed by atoms with Gasteiger partial charge in [-0.05, 0) is 66.0 Å². The first-order valence-electron chi connectivity index (χ1n) is 10.0. The number of methoxy groups -OCH3 is 1. The molecule has 1 aromatic carbocycles. The number of rotatable bonds is 6. The van der Waals surface area contributed by atoms with E-state index in [0.29, 0.717) is 23.7 Å². The molecule has 4 rings (SSSR count). The number of ether oxygens (including phenoxy) is 2. The summed E-state index contributed by atoms with van der Waals surface area (Å²) in [5, 5.41) is 0. The first-order valence-corrected chi connectivity index (χ1v) is 10.0. The molecule has 6 atom stereocenters. The van der Waals surface area contributed by atoms with Crippen LogP contribution in [0, 0.1) is 29.1 Å². The highest BCUT2D eigenvalue weighted by Gasteiger charge is 2.78. The highest BCUT2D eigenvalue weighted by atomic mass is 16.5. The van der Waals surface area contributed by atoms with E-state index < -0.39 is 0 Å². The van der Waals surface area contributed by atoms with Gasteiger partial charge in [-0.25, -0.2) is 0 Å². The molecule has 0 saturated heterocycles. The summed E-state index contributed by atoms with van der Waals surface area (Å²) in [6.45, 7) is 4.84. The largest absolute Gasteiger partial charge is 0.486 e. The van der Waals surface area contributed by atoms with Gasteiger partial charge in [-0.2, -0.15) is 0 Å². The van der Waals surface area contributed by atoms with E-state index >= 15 is 0 Å². The molecule has 148 valence electrons. The predicted octanol–water partition coefficient (Wildman–Crippen LogP) is 4.06. The van der Waals surface area contributed by atoms with Gasteiger partial charge in [0.05, 0.1) is 0 Å². The van der Waals surface area contributed by atoms with Gasteiger partial charge >= 0.3 is 0 Å². The minimum atomic E-state index is -0.0143. The maximum absolute atomic E-state index is 11.6. The van der Waals surface area contributed by atoms with Gasteiger partial charge in [0, 0.05) is 26.1 Å². The van der Waals surface area contributed by atoms with Crippen LogP contribution in [-0.4, -0.2) is 33.4 Å². The van der Waals surface area contributed by atoms with Crippen molar-refractivity contribution in [2.75, 3.05) is 20.8 Å². The highest BCUT2D eigenvalue weighted by Crippen LogP contribution is 2.82. The van der Waals surface area contributed by atoms with Crippen LogP contribution in [0.5, 0.6) is 5.75 Å². The average Bonchev–Trinajstić information content (AvgIpc) is 3.02. The lowest BCUT2D eigenvalue weighted by atomic mass is 9.27. The molecule has 3 saturated carbocycles. The van der Waals surface area contributed by atoms with Gasteiger partial charge in [0.2, 0.25) is 0 Å². The Morgan fingerprint density at radius 1 is 1.11 bits per heavy atom. The topological polar surface area (TPSA) is 52.6 Å². The predicted molar refractivity (Wildman–Crippen MR) is 105 cm³/mol. The molecule has 3 aliphatic rings. The van der Waals surface area contributed by atoms with Crippen molar-refractivity contribution in [2.24, 2.45) is 29.1 Å². The molecule has 0 radical (unpaired) electrons. The van der Waals surface area contributed by atoms with Crippen LogP contribution in [0.1, 0.15) is 45.1 Å². The minimum absolute atomic E-state index is 0.0143. The Balaban J connectivity index is 0.000000659. The maximum atomic E-state index is 11.6. The summed E-state index contributed by atoms with van der Waals surface area (Å²) in [6.07, 6.45) is 6.29. The van der Waals surface area contributed by atoms with Crippen molar-refractivity contribution in [1.82, 2.24) is 0 Å². The fourth-order valence-corrected chi connectivity index (χ4v) is 6.83. The van der Waals surface area contributed by atoms with Crippen molar-refractivity contribution in [3.8, 4) is 5.75 Å². The second kappa shape index (κ2) is 7.75. The van der Waals surface area contributed by atoms with Gasteiger partial charge in [-0.3, -0.25) is 4.79 Å². The Morgan fingerprint density at radius 3 is 2.44 bits per heavy atom. The van der Waals surface area contributed by atoms with Crippen molar-refractivity contribution in [1.29, 1.82) is 0 Å². The molecule has 27 heavy (non-hydrogen) atoms. The number of hydrogen-bond donors (Lipinski definition) is 0. The zero-order valence-corrected chi connectivity index (χ0v) is 16.9. The Morgan fingerprint density at radius 2 is 1.81 bits per heavy atom. The van der Waals surface area contributed by atoms with Crippen molar-refractivity contribution in [2.45, 2.75) is 44.9 Å². The fraction of sp³-hybridized carbons (Fsp3) is 0.652. The fourth-order valence-electron chi connectivity index (χ4n) is 6.83. The molecular weight excluding hydrogens is 340 g/mol. The van der Waals surface area contributed by atoms with E-state index in [2.05, 4.69) is 30.7 Å². The van der Waals surface area contributed by atoms with Crippen molar-refractivity contribution in [3.63, 3.8) is 0 Å². The lowest BCUT2D eigenvalue weighted by Gasteiger charge is -2.76. The van der Waals surface area contributed by atoms with E-state index in [0.717, 1.165) is 30.2 Å². The quantitative estimate of drug-likeness (QED) is 0.707. The van der Waals surface area contributed by atoms with Crippen LogP contribution < -0.4 is 4.74 Å². The highest BCUT2D eigenvalue weighted by molar-refractivity contribution is 5.58. The molecule has 0 heterocycles. The Kier molecular flexibility index (Phi) is 5.76. The SMILES string of the molecule is CC1CC2C(CC=O)(c3cccc(OCC=O)c3)C3CC(C)C23C1.COC. The molecule has 6 unspecified atom stereocenters. The Labute approximate surface area is 162 Å². The zero-order chi connectivity index (χ0) is 19.7. The summed E-state index contributed by atoms with van der Waals surface area (Å²) in [4.78, 5) is 22.2. The summed E-state index contributed by atoms with van der Waals surface area (Å²) in [7, 11) is 3.25. The molecule has 4 nitrogen and oxygen atoms in total. The van der Waals surface area contributed by atoms with Crippen molar-refractivity contribution in [3.05, 3.63) is 29.8 Å². The van der Waals surface area contributed by atoms with E-state index in [1.54, 1.807) is 14.2 Å². The number of hydrogen-bond acceptors (Lipinski definition) is 4. The number of benzene rings is 1. The molecule has 4 heteroatoms. The molecule has 3 fully saturated rings. The molecule has 0 N–H and O–H groups in total. The standard InChI is InChI=1S/C21H26O3.C2H6O/c1-14-10-18-20(6-7-22,19-11-15(2)21(18,19)13-14)16-4-3-5-17(12-16)24-9-8-23;1-3-2/h3-5,7-8,12,14-15,18-19H,6,9-11,13H2,1-2H3;1-2H3. The van der Waals surface area contributed by atoms with E-state index in [9.17, 15) is 9.59 Å². The monoisotopic (exact) mass is 372 g/mol. The molecular formula is C23H32O4. The molecule has 0 bridgehead atoms. The number of aldehydes is 2. The van der Waals surface area contributed by atoms with E-state index in [1.807, 2.05) is 12.1 Å². The third kappa shape index (κ3) is 2.84. The van der Waals surface area contributed by atoms with Crippen LogP contribution in [0.4, 0.5) is 0 Å². The number of carbonyl (C=O) groups excluding carboxylic acids is 2. The molecule has 0 aliphatic heterocycles. The van der Waals surface area contributed by atoms with Crippen LogP contribution in [0.3, 0.4) is 0 Å². The smallest absolute Gasteiger partial charge is 0.157 e. The first-order chi connectivity index (χ1) is 13.0. The van der Waals surface area contributed by atoms with E-state index in [4.69, 9.17) is 4.74 Å². The van der Waals surface area contributed by atoms with Gasteiger partial charge in [-0.1, -0.05) is 26.0 Å². The van der Waals surface area contributed by atoms with Crippen LogP contribution >= 0.6 is 0 Å². The van der Waals surface area contributed by atoms with Crippen LogP contribution in [0.15, 0.2) is 24.3 Å². The Bertz CT molecular complexity index is 687. The normalized spacial score (nSPS) is 38.2. The summed E-state index contributed by atoms with van der Waals surface area (Å²) in [5.41, 5.74) is 1.70.